The van der Waals surface area contributed by atoms with Crippen LogP contribution in [0.1, 0.15) is 28.9 Å². The smallest absolute Gasteiger partial charge is 0.311 e. The second kappa shape index (κ2) is 5.67. The summed E-state index contributed by atoms with van der Waals surface area (Å²) in [6.07, 6.45) is -2.67. The fourth-order valence-corrected chi connectivity index (χ4v) is 1.60. The highest BCUT2D eigenvalue weighted by molar-refractivity contribution is 5.71. The average molecular weight is 244 g/mol. The largest absolute Gasteiger partial charge is 0.469 e. The second-order valence-electron chi connectivity index (χ2n) is 3.53. The van der Waals surface area contributed by atoms with Crippen LogP contribution in [0.15, 0.2) is 6.07 Å². The summed E-state index contributed by atoms with van der Waals surface area (Å²) in [7, 11) is 1.26. The van der Waals surface area contributed by atoms with Gasteiger partial charge in [-0.15, -0.1) is 0 Å². The normalized spacial score (nSPS) is 10.7. The Kier molecular flexibility index (Phi) is 4.51. The number of nitrogens with two attached hydrogens (primary N) is 1. The number of aromatic nitrogens is 1. The molecule has 1 heterocycles. The number of hydrogen-bond acceptors (Lipinski definition) is 4. The maximum Gasteiger partial charge on any atom is 0.311 e. The molecule has 4 nitrogen and oxygen atoms in total. The van der Waals surface area contributed by atoms with Gasteiger partial charge in [0.15, 0.2) is 0 Å². The van der Waals surface area contributed by atoms with E-state index in [1.807, 2.05) is 0 Å². The van der Waals surface area contributed by atoms with Crippen LogP contribution in [0.5, 0.6) is 0 Å². The van der Waals surface area contributed by atoms with E-state index in [0.717, 1.165) is 0 Å². The SMILES string of the molecule is COC(=O)Cc1cc(CN)c(C(F)F)c(C)n1. The number of aryl methyl sites for hydroxylation is 1. The molecule has 17 heavy (non-hydrogen) atoms. The van der Waals surface area contributed by atoms with Gasteiger partial charge in [-0.05, 0) is 18.6 Å². The van der Waals surface area contributed by atoms with Crippen LogP contribution in [0.2, 0.25) is 0 Å². The molecule has 2 N–H and O–H groups in total. The van der Waals surface area contributed by atoms with Crippen LogP contribution in [-0.2, 0) is 22.5 Å². The molecule has 0 bridgehead atoms. The molecule has 0 aromatic carbocycles. The van der Waals surface area contributed by atoms with E-state index in [1.165, 1.54) is 20.1 Å². The summed E-state index contributed by atoms with van der Waals surface area (Å²) in [4.78, 5) is 15.0. The molecule has 0 atom stereocenters. The summed E-state index contributed by atoms with van der Waals surface area (Å²) in [5, 5.41) is 0. The fourth-order valence-electron chi connectivity index (χ4n) is 1.60. The van der Waals surface area contributed by atoms with Gasteiger partial charge in [0.2, 0.25) is 0 Å². The number of nitrogens with zero attached hydrogens (tertiary/aromatic N) is 1. The summed E-state index contributed by atoms with van der Waals surface area (Å²) >= 11 is 0. The number of esters is 1. The van der Waals surface area contributed by atoms with Crippen LogP contribution in [-0.4, -0.2) is 18.1 Å². The quantitative estimate of drug-likeness (QED) is 0.815. The van der Waals surface area contributed by atoms with Gasteiger partial charge in [-0.2, -0.15) is 0 Å². The Morgan fingerprint density at radius 2 is 2.24 bits per heavy atom. The third-order valence-electron chi connectivity index (χ3n) is 2.38. The molecule has 0 saturated heterocycles. The number of carbonyl (C=O) groups excluding carboxylic acids is 1. The van der Waals surface area contributed by atoms with Gasteiger partial charge in [-0.3, -0.25) is 9.78 Å². The lowest BCUT2D eigenvalue weighted by atomic mass is 10.0. The fraction of sp³-hybridized carbons (Fsp3) is 0.455. The molecular formula is C11H14F2N2O2. The van der Waals surface area contributed by atoms with Crippen molar-refractivity contribution in [3.05, 3.63) is 28.6 Å². The van der Waals surface area contributed by atoms with Crippen molar-refractivity contribution in [2.45, 2.75) is 26.3 Å². The van der Waals surface area contributed by atoms with Crippen molar-refractivity contribution in [2.24, 2.45) is 5.73 Å². The standard InChI is InChI=1S/C11H14F2N2O2/c1-6-10(11(12)13)7(5-14)3-8(15-6)4-9(16)17-2/h3,11H,4-5,14H2,1-2H3. The summed E-state index contributed by atoms with van der Waals surface area (Å²) in [6, 6.07) is 1.42. The van der Waals surface area contributed by atoms with Crippen molar-refractivity contribution >= 4 is 5.97 Å². The van der Waals surface area contributed by atoms with E-state index in [4.69, 9.17) is 5.73 Å². The van der Waals surface area contributed by atoms with Crippen molar-refractivity contribution in [1.29, 1.82) is 0 Å². The highest BCUT2D eigenvalue weighted by Crippen LogP contribution is 2.26. The molecular weight excluding hydrogens is 230 g/mol. The zero-order valence-electron chi connectivity index (χ0n) is 9.67. The molecule has 6 heteroatoms. The zero-order chi connectivity index (χ0) is 13.0. The minimum atomic E-state index is -2.62. The summed E-state index contributed by atoms with van der Waals surface area (Å²) < 4.78 is 30.0. The second-order valence-corrected chi connectivity index (χ2v) is 3.53. The summed E-state index contributed by atoms with van der Waals surface area (Å²) in [6.45, 7) is 1.46. The van der Waals surface area contributed by atoms with Crippen LogP contribution in [0.4, 0.5) is 8.78 Å². The lowest BCUT2D eigenvalue weighted by Gasteiger charge is -2.12. The van der Waals surface area contributed by atoms with E-state index in [-0.39, 0.29) is 24.2 Å². The third-order valence-corrected chi connectivity index (χ3v) is 2.38. The average Bonchev–Trinajstić information content (AvgIpc) is 2.27. The van der Waals surface area contributed by atoms with Crippen LogP contribution >= 0.6 is 0 Å². The highest BCUT2D eigenvalue weighted by Gasteiger charge is 2.18. The number of rotatable bonds is 4. The number of pyridine rings is 1. The number of halogens is 2. The molecule has 0 fully saturated rings. The van der Waals surface area contributed by atoms with Crippen LogP contribution < -0.4 is 5.73 Å². The maximum absolute atomic E-state index is 12.7. The molecule has 1 aromatic heterocycles. The van der Waals surface area contributed by atoms with Crippen molar-refractivity contribution in [2.75, 3.05) is 7.11 Å². The van der Waals surface area contributed by atoms with Gasteiger partial charge in [-0.1, -0.05) is 0 Å². The molecule has 94 valence electrons. The Hall–Kier alpha value is -1.56. The van der Waals surface area contributed by atoms with Crippen LogP contribution in [0.3, 0.4) is 0 Å². The predicted molar refractivity (Wildman–Crippen MR) is 57.5 cm³/mol. The van der Waals surface area contributed by atoms with Crippen LogP contribution in [0, 0.1) is 6.92 Å². The topological polar surface area (TPSA) is 65.2 Å². The molecule has 0 unspecified atom stereocenters. The van der Waals surface area contributed by atoms with E-state index in [2.05, 4.69) is 9.72 Å². The Morgan fingerprint density at radius 3 is 2.71 bits per heavy atom. The number of carbonyl (C=O) groups is 1. The molecule has 0 saturated carbocycles. The minimum absolute atomic E-state index is 0.0167. The Bertz CT molecular complexity index is 422. The van der Waals surface area contributed by atoms with Gasteiger partial charge >= 0.3 is 5.97 Å². The Labute approximate surface area is 97.8 Å². The number of alkyl halides is 2. The van der Waals surface area contributed by atoms with E-state index < -0.39 is 12.4 Å². The van der Waals surface area contributed by atoms with E-state index in [0.29, 0.717) is 11.3 Å². The molecule has 0 aliphatic carbocycles. The first-order valence-corrected chi connectivity index (χ1v) is 5.04. The molecule has 1 aromatic rings. The van der Waals surface area contributed by atoms with Gasteiger partial charge in [-0.25, -0.2) is 8.78 Å². The van der Waals surface area contributed by atoms with Gasteiger partial charge < -0.3 is 10.5 Å². The number of hydrogen-bond donors (Lipinski definition) is 1. The lowest BCUT2D eigenvalue weighted by Crippen LogP contribution is -2.11. The van der Waals surface area contributed by atoms with Crippen molar-refractivity contribution < 1.29 is 18.3 Å². The van der Waals surface area contributed by atoms with Crippen molar-refractivity contribution in [3.8, 4) is 0 Å². The molecule has 0 spiro atoms. The zero-order valence-corrected chi connectivity index (χ0v) is 9.67. The molecule has 0 radical (unpaired) electrons. The van der Waals surface area contributed by atoms with Crippen molar-refractivity contribution in [3.63, 3.8) is 0 Å². The summed E-state index contributed by atoms with van der Waals surface area (Å²) in [5.74, 6) is -0.468. The van der Waals surface area contributed by atoms with Crippen LogP contribution in [0.25, 0.3) is 0 Å². The minimum Gasteiger partial charge on any atom is -0.469 e. The third kappa shape index (κ3) is 3.20. The van der Waals surface area contributed by atoms with Gasteiger partial charge in [0.05, 0.1) is 19.2 Å². The van der Waals surface area contributed by atoms with Crippen molar-refractivity contribution in [1.82, 2.24) is 4.98 Å². The van der Waals surface area contributed by atoms with Gasteiger partial charge in [0, 0.05) is 17.8 Å². The Balaban J connectivity index is 3.13. The van der Waals surface area contributed by atoms with E-state index in [1.54, 1.807) is 0 Å². The predicted octanol–water partition coefficient (Wildman–Crippen LogP) is 1.50. The first kappa shape index (κ1) is 13.5. The first-order valence-electron chi connectivity index (χ1n) is 5.04. The first-order chi connectivity index (χ1) is 7.99. The highest BCUT2D eigenvalue weighted by atomic mass is 19.3. The molecule has 0 amide bonds. The molecule has 0 aliphatic rings. The maximum atomic E-state index is 12.7. The van der Waals surface area contributed by atoms with Gasteiger partial charge in [0.1, 0.15) is 0 Å². The number of ether oxygens (including phenoxy) is 1. The van der Waals surface area contributed by atoms with Gasteiger partial charge in [0.25, 0.3) is 6.43 Å². The molecule has 1 rings (SSSR count). The molecule has 0 aliphatic heterocycles. The monoisotopic (exact) mass is 244 g/mol. The van der Waals surface area contributed by atoms with E-state index in [9.17, 15) is 13.6 Å². The Morgan fingerprint density at radius 1 is 1.59 bits per heavy atom. The van der Waals surface area contributed by atoms with E-state index >= 15 is 0 Å². The lowest BCUT2D eigenvalue weighted by molar-refractivity contribution is -0.139. The number of methoxy groups -OCH3 is 1. The summed E-state index contributed by atoms with van der Waals surface area (Å²) in [5.41, 5.74) is 6.16.